The number of amides is 1. The van der Waals surface area contributed by atoms with Gasteiger partial charge in [-0.3, -0.25) is 4.57 Å². The Morgan fingerprint density at radius 1 is 1.44 bits per heavy atom. The van der Waals surface area contributed by atoms with E-state index in [1.807, 2.05) is 0 Å². The second-order valence-corrected chi connectivity index (χ2v) is 7.06. The summed E-state index contributed by atoms with van der Waals surface area (Å²) in [6.07, 6.45) is -0.512. The molecular weight excluding hydrogens is 331 g/mol. The molecule has 0 bridgehead atoms. The maximum absolute atomic E-state index is 14.8. The molecule has 0 aromatic carbocycles. The highest BCUT2D eigenvalue weighted by atomic mass is 19.1. The molecule has 3 heterocycles. The fraction of sp³-hybridized carbons (Fsp3) is 0.600. The van der Waals surface area contributed by atoms with Gasteiger partial charge in [-0.15, -0.1) is 0 Å². The number of alkyl halides is 1. The number of aromatic nitrogens is 4. The molecule has 1 aliphatic heterocycles. The van der Waals surface area contributed by atoms with Gasteiger partial charge in [0.05, 0.1) is 12.6 Å². The van der Waals surface area contributed by atoms with Crippen molar-refractivity contribution in [3.05, 3.63) is 16.8 Å². The largest absolute Gasteiger partial charge is 0.444 e. The zero-order valence-corrected chi connectivity index (χ0v) is 14.3. The summed E-state index contributed by atoms with van der Waals surface area (Å²) < 4.78 is 21.3. The molecule has 1 fully saturated rings. The lowest BCUT2D eigenvalue weighted by atomic mass is 10.0. The number of carbonyl (C=O) groups is 1. The van der Waals surface area contributed by atoms with Crippen molar-refractivity contribution < 1.29 is 13.9 Å². The third-order valence-corrected chi connectivity index (χ3v) is 4.03. The molecule has 2 aromatic rings. The molecule has 0 radical (unpaired) electrons. The molecule has 136 valence electrons. The number of nitrogens with one attached hydrogen (secondary N) is 1. The number of nitrogen functional groups attached to an aromatic ring is 1. The molecule has 9 nitrogen and oxygen atoms in total. The van der Waals surface area contributed by atoms with Gasteiger partial charge < -0.3 is 20.4 Å². The molecule has 0 aliphatic carbocycles. The van der Waals surface area contributed by atoms with Gasteiger partial charge in [-0.25, -0.2) is 23.9 Å². The van der Waals surface area contributed by atoms with E-state index in [2.05, 4.69) is 15.0 Å². The van der Waals surface area contributed by atoms with E-state index in [4.69, 9.17) is 10.5 Å². The van der Waals surface area contributed by atoms with Crippen LogP contribution in [0.25, 0.3) is 11.2 Å². The maximum atomic E-state index is 14.8. The van der Waals surface area contributed by atoms with Gasteiger partial charge in [0.2, 0.25) is 0 Å². The van der Waals surface area contributed by atoms with E-state index in [0.29, 0.717) is 0 Å². The number of fused-ring (bicyclic) bond motifs is 1. The third-order valence-electron chi connectivity index (χ3n) is 4.03. The van der Waals surface area contributed by atoms with Crippen molar-refractivity contribution >= 4 is 23.1 Å². The zero-order valence-electron chi connectivity index (χ0n) is 14.3. The quantitative estimate of drug-likeness (QED) is 0.796. The lowest BCUT2D eigenvalue weighted by molar-refractivity contribution is 0.00680. The number of piperidine rings is 1. The van der Waals surface area contributed by atoms with Crippen molar-refractivity contribution in [2.24, 2.45) is 0 Å². The molecule has 3 rings (SSSR count). The topological polar surface area (TPSA) is 119 Å². The van der Waals surface area contributed by atoms with Crippen LogP contribution in [0.3, 0.4) is 0 Å². The molecule has 2 atom stereocenters. The van der Waals surface area contributed by atoms with Crippen LogP contribution >= 0.6 is 0 Å². The van der Waals surface area contributed by atoms with Crippen molar-refractivity contribution in [1.82, 2.24) is 24.4 Å². The number of halogens is 1. The van der Waals surface area contributed by atoms with Gasteiger partial charge in [0.1, 0.15) is 23.6 Å². The van der Waals surface area contributed by atoms with E-state index >= 15 is 0 Å². The first-order valence-electron chi connectivity index (χ1n) is 8.00. The molecule has 1 aliphatic rings. The Kier molecular flexibility index (Phi) is 4.13. The van der Waals surface area contributed by atoms with E-state index in [1.54, 1.807) is 20.8 Å². The number of ether oxygens (including phenoxy) is 1. The SMILES string of the molecule is CC(C)(C)OC(=O)N1CC[C@@H](n2c(=O)[nH]c3c(N)ncnc32)[C@H](F)C1. The minimum absolute atomic E-state index is 0.127. The van der Waals surface area contributed by atoms with Crippen molar-refractivity contribution in [2.45, 2.75) is 45.0 Å². The van der Waals surface area contributed by atoms with E-state index < -0.39 is 29.6 Å². The van der Waals surface area contributed by atoms with Crippen molar-refractivity contribution in [1.29, 1.82) is 0 Å². The summed E-state index contributed by atoms with van der Waals surface area (Å²) in [6, 6.07) is -0.741. The molecule has 0 unspecified atom stereocenters. The molecular formula is C15H21FN6O3. The summed E-state index contributed by atoms with van der Waals surface area (Å²) in [7, 11) is 0. The van der Waals surface area contributed by atoms with Gasteiger partial charge in [0.15, 0.2) is 11.5 Å². The van der Waals surface area contributed by atoms with Gasteiger partial charge in [-0.2, -0.15) is 0 Å². The maximum Gasteiger partial charge on any atom is 0.410 e. The number of hydrogen-bond donors (Lipinski definition) is 2. The van der Waals surface area contributed by atoms with Gasteiger partial charge in [-0.1, -0.05) is 0 Å². The predicted molar refractivity (Wildman–Crippen MR) is 88.9 cm³/mol. The fourth-order valence-corrected chi connectivity index (χ4v) is 2.94. The summed E-state index contributed by atoms with van der Waals surface area (Å²) in [5.74, 6) is 0.127. The van der Waals surface area contributed by atoms with Crippen molar-refractivity contribution in [3.8, 4) is 0 Å². The molecule has 10 heteroatoms. The molecule has 25 heavy (non-hydrogen) atoms. The van der Waals surface area contributed by atoms with Crippen LogP contribution in [0, 0.1) is 0 Å². The van der Waals surface area contributed by atoms with Crippen LogP contribution in [-0.4, -0.2) is 55.4 Å². The molecule has 0 saturated carbocycles. The molecule has 0 spiro atoms. The Morgan fingerprint density at radius 3 is 2.80 bits per heavy atom. The van der Waals surface area contributed by atoms with Crippen LogP contribution in [-0.2, 0) is 4.74 Å². The highest BCUT2D eigenvalue weighted by Gasteiger charge is 2.36. The monoisotopic (exact) mass is 352 g/mol. The Bertz CT molecular complexity index is 855. The van der Waals surface area contributed by atoms with E-state index in [0.717, 1.165) is 0 Å². The average molecular weight is 352 g/mol. The summed E-state index contributed by atoms with van der Waals surface area (Å²) >= 11 is 0. The highest BCUT2D eigenvalue weighted by Crippen LogP contribution is 2.28. The number of carbonyl (C=O) groups excluding carboxylic acids is 1. The first-order chi connectivity index (χ1) is 11.7. The number of likely N-dealkylation sites (tertiary alicyclic amines) is 1. The summed E-state index contributed by atoms with van der Waals surface area (Å²) in [6.45, 7) is 5.37. The van der Waals surface area contributed by atoms with Crippen LogP contribution in [0.2, 0.25) is 0 Å². The van der Waals surface area contributed by atoms with E-state index in [9.17, 15) is 14.0 Å². The van der Waals surface area contributed by atoms with Gasteiger partial charge in [0.25, 0.3) is 0 Å². The van der Waals surface area contributed by atoms with Crippen LogP contribution in [0.15, 0.2) is 11.1 Å². The number of nitrogens with two attached hydrogens (primary N) is 1. The van der Waals surface area contributed by atoms with Crippen LogP contribution < -0.4 is 11.4 Å². The molecule has 1 amide bonds. The summed E-state index contributed by atoms with van der Waals surface area (Å²) in [4.78, 5) is 36.1. The number of imidazole rings is 1. The first kappa shape index (κ1) is 17.2. The second kappa shape index (κ2) is 6.01. The van der Waals surface area contributed by atoms with Gasteiger partial charge >= 0.3 is 11.8 Å². The molecule has 1 saturated heterocycles. The molecule has 2 aromatic heterocycles. The minimum atomic E-state index is -1.44. The van der Waals surface area contributed by atoms with Gasteiger partial charge in [-0.05, 0) is 27.2 Å². The van der Waals surface area contributed by atoms with Crippen LogP contribution in [0.5, 0.6) is 0 Å². The Morgan fingerprint density at radius 2 is 2.16 bits per heavy atom. The Balaban J connectivity index is 1.83. The summed E-state index contributed by atoms with van der Waals surface area (Å²) in [5.41, 5.74) is 5.12. The lowest BCUT2D eigenvalue weighted by Crippen LogP contribution is -2.48. The minimum Gasteiger partial charge on any atom is -0.444 e. The van der Waals surface area contributed by atoms with Gasteiger partial charge in [0, 0.05) is 6.54 Å². The van der Waals surface area contributed by atoms with Crippen molar-refractivity contribution in [2.75, 3.05) is 18.8 Å². The predicted octanol–water partition coefficient (Wildman–Crippen LogP) is 1.22. The van der Waals surface area contributed by atoms with Crippen molar-refractivity contribution in [3.63, 3.8) is 0 Å². The number of aromatic amines is 1. The average Bonchev–Trinajstić information content (AvgIpc) is 2.83. The Hall–Kier alpha value is -2.65. The number of anilines is 1. The highest BCUT2D eigenvalue weighted by molar-refractivity contribution is 5.81. The van der Waals surface area contributed by atoms with Crippen LogP contribution in [0.1, 0.15) is 33.2 Å². The number of hydrogen-bond acceptors (Lipinski definition) is 6. The normalized spacial score (nSPS) is 21.5. The number of H-pyrrole nitrogens is 1. The third kappa shape index (κ3) is 3.28. The summed E-state index contributed by atoms with van der Waals surface area (Å²) in [5, 5.41) is 0. The number of nitrogens with zero attached hydrogens (tertiary/aromatic N) is 4. The molecule has 3 N–H and O–H groups in total. The number of rotatable bonds is 1. The first-order valence-corrected chi connectivity index (χ1v) is 8.00. The van der Waals surface area contributed by atoms with E-state index in [1.165, 1.54) is 15.8 Å². The lowest BCUT2D eigenvalue weighted by Gasteiger charge is -2.35. The van der Waals surface area contributed by atoms with E-state index in [-0.39, 0.29) is 36.5 Å². The smallest absolute Gasteiger partial charge is 0.410 e. The standard InChI is InChI=1S/C15H21FN6O3/c1-15(2,3)25-14(24)21-5-4-9(8(16)6-21)22-12-10(20-13(22)23)11(17)18-7-19-12/h7-9H,4-6H2,1-3H3,(H,20,23)(H2,17,18,19)/t8-,9-/m1/s1. The van der Waals surface area contributed by atoms with Crippen LogP contribution in [0.4, 0.5) is 15.0 Å². The zero-order chi connectivity index (χ0) is 18.4. The fourth-order valence-electron chi connectivity index (χ4n) is 2.94. The second-order valence-electron chi connectivity index (χ2n) is 7.06. The Labute approximate surface area is 143 Å².